The molecule has 28 heavy (non-hydrogen) atoms. The van der Waals surface area contributed by atoms with E-state index in [1.165, 1.54) is 0 Å². The number of para-hydroxylation sites is 3. The maximum absolute atomic E-state index is 11.8. The number of carbonyl (C=O) groups excluding carboxylic acids is 1. The molecule has 0 N–H and O–H groups in total. The second-order valence-corrected chi connectivity index (χ2v) is 7.45. The molecule has 0 saturated carbocycles. The Morgan fingerprint density at radius 1 is 1.07 bits per heavy atom. The van der Waals surface area contributed by atoms with Crippen LogP contribution in [0.25, 0.3) is 11.0 Å². The van der Waals surface area contributed by atoms with Gasteiger partial charge in [-0.2, -0.15) is 0 Å². The van der Waals surface area contributed by atoms with Crippen molar-refractivity contribution in [2.45, 2.75) is 26.0 Å². The van der Waals surface area contributed by atoms with E-state index in [4.69, 9.17) is 21.3 Å². The topological polar surface area (TPSA) is 47.4 Å². The third-order valence-corrected chi connectivity index (χ3v) is 5.60. The number of rotatable bonds is 6. The number of alkyl halides is 1. The number of aromatic nitrogens is 2. The second kappa shape index (κ2) is 8.65. The minimum atomic E-state index is 0.0325. The normalized spacial score (nSPS) is 15.1. The first-order valence-corrected chi connectivity index (χ1v) is 10.2. The number of hydrogen-bond acceptors (Lipinski definition) is 3. The van der Waals surface area contributed by atoms with Crippen molar-refractivity contribution in [3.05, 3.63) is 60.4 Å². The van der Waals surface area contributed by atoms with E-state index in [1.54, 1.807) is 0 Å². The van der Waals surface area contributed by atoms with Crippen LogP contribution in [0.5, 0.6) is 5.75 Å². The van der Waals surface area contributed by atoms with Crippen LogP contribution in [0.4, 0.5) is 0 Å². The van der Waals surface area contributed by atoms with Gasteiger partial charge in [-0.15, -0.1) is 11.6 Å². The highest BCUT2D eigenvalue weighted by Gasteiger charge is 2.24. The molecule has 2 heterocycles. The molecule has 6 heteroatoms. The molecule has 0 unspecified atom stereocenters. The number of carbonyl (C=O) groups is 1. The van der Waals surface area contributed by atoms with Crippen LogP contribution in [-0.2, 0) is 17.9 Å². The fourth-order valence-corrected chi connectivity index (χ4v) is 3.98. The lowest BCUT2D eigenvalue weighted by Crippen LogP contribution is -2.40. The monoisotopic (exact) mass is 397 g/mol. The first-order chi connectivity index (χ1) is 13.7. The van der Waals surface area contributed by atoms with Gasteiger partial charge in [0.25, 0.3) is 0 Å². The number of benzene rings is 2. The lowest BCUT2D eigenvalue weighted by atomic mass is 9.96. The van der Waals surface area contributed by atoms with E-state index in [0.29, 0.717) is 12.5 Å². The maximum Gasteiger partial charge on any atom is 0.237 e. The third kappa shape index (κ3) is 4.14. The Bertz CT molecular complexity index is 933. The summed E-state index contributed by atoms with van der Waals surface area (Å²) >= 11 is 5.69. The van der Waals surface area contributed by atoms with Gasteiger partial charge in [-0.3, -0.25) is 4.79 Å². The van der Waals surface area contributed by atoms with E-state index in [2.05, 4.69) is 10.6 Å². The van der Waals surface area contributed by atoms with Crippen molar-refractivity contribution in [1.82, 2.24) is 14.5 Å². The molecule has 0 spiro atoms. The number of nitrogens with zero attached hydrogens (tertiary/aromatic N) is 3. The van der Waals surface area contributed by atoms with E-state index in [1.807, 2.05) is 53.4 Å². The van der Waals surface area contributed by atoms with Crippen molar-refractivity contribution in [3.63, 3.8) is 0 Å². The molecule has 1 amide bonds. The van der Waals surface area contributed by atoms with Crippen LogP contribution in [0, 0.1) is 5.92 Å². The molecule has 1 aromatic heterocycles. The fourth-order valence-electron chi connectivity index (χ4n) is 3.81. The van der Waals surface area contributed by atoms with Gasteiger partial charge in [0.15, 0.2) is 0 Å². The number of likely N-dealkylation sites (tertiary alicyclic amines) is 1. The van der Waals surface area contributed by atoms with Crippen LogP contribution in [0.1, 0.15) is 18.7 Å². The van der Waals surface area contributed by atoms with E-state index in [0.717, 1.165) is 55.1 Å². The standard InChI is InChI=1S/C22H24ClN3O2/c23-14-22(27)25-12-10-17(11-13-25)15-26-20-9-5-4-8-19(20)24-21(26)16-28-18-6-2-1-3-7-18/h1-9,17H,10-16H2. The minimum Gasteiger partial charge on any atom is -0.486 e. The van der Waals surface area contributed by atoms with Gasteiger partial charge in [0.2, 0.25) is 5.91 Å². The molecule has 1 aliphatic rings. The molecule has 1 fully saturated rings. The predicted octanol–water partition coefficient (Wildman–Crippen LogP) is 4.09. The van der Waals surface area contributed by atoms with Crippen molar-refractivity contribution in [2.24, 2.45) is 5.92 Å². The van der Waals surface area contributed by atoms with Crippen molar-refractivity contribution in [2.75, 3.05) is 19.0 Å². The summed E-state index contributed by atoms with van der Waals surface area (Å²) in [6, 6.07) is 18.0. The average molecular weight is 398 g/mol. The zero-order valence-electron chi connectivity index (χ0n) is 15.8. The summed E-state index contributed by atoms with van der Waals surface area (Å²) < 4.78 is 8.24. The lowest BCUT2D eigenvalue weighted by molar-refractivity contribution is -0.129. The molecule has 146 valence electrons. The first-order valence-electron chi connectivity index (χ1n) is 9.70. The van der Waals surface area contributed by atoms with E-state index in [-0.39, 0.29) is 11.8 Å². The third-order valence-electron chi connectivity index (χ3n) is 5.37. The highest BCUT2D eigenvalue weighted by Crippen LogP contribution is 2.24. The number of piperidine rings is 1. The smallest absolute Gasteiger partial charge is 0.237 e. The van der Waals surface area contributed by atoms with Gasteiger partial charge in [0.1, 0.15) is 24.1 Å². The first kappa shape index (κ1) is 18.8. The van der Waals surface area contributed by atoms with Gasteiger partial charge in [0.05, 0.1) is 11.0 Å². The number of hydrogen-bond donors (Lipinski definition) is 0. The van der Waals surface area contributed by atoms with Crippen LogP contribution in [0.3, 0.4) is 0 Å². The van der Waals surface area contributed by atoms with Crippen molar-refractivity contribution in [3.8, 4) is 5.75 Å². The molecular formula is C22H24ClN3O2. The zero-order valence-corrected chi connectivity index (χ0v) is 16.5. The van der Waals surface area contributed by atoms with Crippen LogP contribution >= 0.6 is 11.6 Å². The maximum atomic E-state index is 11.8. The van der Waals surface area contributed by atoms with E-state index < -0.39 is 0 Å². The van der Waals surface area contributed by atoms with Crippen LogP contribution < -0.4 is 4.74 Å². The summed E-state index contributed by atoms with van der Waals surface area (Å²) in [5.74, 6) is 2.38. The van der Waals surface area contributed by atoms with E-state index >= 15 is 0 Å². The highest BCUT2D eigenvalue weighted by atomic mass is 35.5. The number of halogens is 1. The Balaban J connectivity index is 1.50. The molecule has 3 aromatic rings. The van der Waals surface area contributed by atoms with E-state index in [9.17, 15) is 4.79 Å². The molecule has 0 aliphatic carbocycles. The summed E-state index contributed by atoms with van der Waals surface area (Å²) in [4.78, 5) is 18.5. The largest absolute Gasteiger partial charge is 0.486 e. The molecule has 4 rings (SSSR count). The Morgan fingerprint density at radius 2 is 1.79 bits per heavy atom. The van der Waals surface area contributed by atoms with Gasteiger partial charge >= 0.3 is 0 Å². The molecular weight excluding hydrogens is 374 g/mol. The van der Waals surface area contributed by atoms with Gasteiger partial charge in [-0.25, -0.2) is 4.98 Å². The number of imidazole rings is 1. The minimum absolute atomic E-state index is 0.0325. The molecule has 1 aliphatic heterocycles. The summed E-state index contributed by atoms with van der Waals surface area (Å²) in [6.07, 6.45) is 1.96. The van der Waals surface area contributed by atoms with Crippen molar-refractivity contribution >= 4 is 28.5 Å². The zero-order chi connectivity index (χ0) is 19.3. The van der Waals surface area contributed by atoms with Crippen LogP contribution in [0.15, 0.2) is 54.6 Å². The average Bonchev–Trinajstić information content (AvgIpc) is 3.10. The Kier molecular flexibility index (Phi) is 5.81. The number of ether oxygens (including phenoxy) is 1. The Morgan fingerprint density at radius 3 is 2.54 bits per heavy atom. The van der Waals surface area contributed by atoms with Gasteiger partial charge in [-0.1, -0.05) is 30.3 Å². The fraction of sp³-hybridized carbons (Fsp3) is 0.364. The van der Waals surface area contributed by atoms with Gasteiger partial charge in [-0.05, 0) is 43.0 Å². The molecule has 2 aromatic carbocycles. The summed E-state index contributed by atoms with van der Waals surface area (Å²) in [5.41, 5.74) is 2.12. The molecule has 0 bridgehead atoms. The SMILES string of the molecule is O=C(CCl)N1CCC(Cn2c(COc3ccccc3)nc3ccccc32)CC1. The summed E-state index contributed by atoms with van der Waals surface area (Å²) in [7, 11) is 0. The molecule has 5 nitrogen and oxygen atoms in total. The van der Waals surface area contributed by atoms with Gasteiger partial charge in [0, 0.05) is 19.6 Å². The molecule has 1 saturated heterocycles. The Labute approximate surface area is 169 Å². The van der Waals surface area contributed by atoms with Crippen molar-refractivity contribution in [1.29, 1.82) is 0 Å². The number of amides is 1. The second-order valence-electron chi connectivity index (χ2n) is 7.19. The van der Waals surface area contributed by atoms with Crippen LogP contribution in [-0.4, -0.2) is 39.3 Å². The quantitative estimate of drug-likeness (QED) is 0.588. The molecule has 0 atom stereocenters. The Hall–Kier alpha value is -2.53. The highest BCUT2D eigenvalue weighted by molar-refractivity contribution is 6.27. The number of fused-ring (bicyclic) bond motifs is 1. The van der Waals surface area contributed by atoms with Crippen molar-refractivity contribution < 1.29 is 9.53 Å². The predicted molar refractivity (Wildman–Crippen MR) is 111 cm³/mol. The summed E-state index contributed by atoms with van der Waals surface area (Å²) in [5, 5.41) is 0. The van der Waals surface area contributed by atoms with Crippen LogP contribution in [0.2, 0.25) is 0 Å². The summed E-state index contributed by atoms with van der Waals surface area (Å²) in [6.45, 7) is 2.87. The lowest BCUT2D eigenvalue weighted by Gasteiger charge is -2.32. The van der Waals surface area contributed by atoms with Gasteiger partial charge < -0.3 is 14.2 Å². The molecule has 0 radical (unpaired) electrons.